The van der Waals surface area contributed by atoms with Gasteiger partial charge in [0, 0.05) is 13.0 Å². The Bertz CT molecular complexity index is 339. The van der Waals surface area contributed by atoms with Crippen LogP contribution in [0.1, 0.15) is 6.42 Å². The van der Waals surface area contributed by atoms with Crippen molar-refractivity contribution in [3.05, 3.63) is 0 Å². The van der Waals surface area contributed by atoms with E-state index in [0.717, 1.165) is 0 Å². The number of nitrogens with zero attached hydrogens (tertiary/aromatic N) is 1. The minimum atomic E-state index is -0.479. The van der Waals surface area contributed by atoms with E-state index in [9.17, 15) is 14.4 Å². The largest absolute Gasteiger partial charge is 0.346 e. The predicted molar refractivity (Wildman–Crippen MR) is 55.7 cm³/mol. The van der Waals surface area contributed by atoms with Gasteiger partial charge >= 0.3 is 6.03 Å². The molecule has 5 N–H and O–H groups in total. The van der Waals surface area contributed by atoms with Gasteiger partial charge in [-0.05, 0) is 0 Å². The van der Waals surface area contributed by atoms with Crippen molar-refractivity contribution >= 4 is 23.7 Å². The zero-order valence-electron chi connectivity index (χ0n) is 8.58. The molecule has 0 aromatic heterocycles. The standard InChI is InChI=1S/C8H13N5O3/c9-3-6(14)11-4-7(15)12-5-1-2-10-8(16)13-5/h1-4,9H2,(H,11,14)(H2,10,12,13,15,16). The van der Waals surface area contributed by atoms with E-state index in [1.807, 2.05) is 0 Å². The number of rotatable bonds is 3. The second kappa shape index (κ2) is 5.81. The Balaban J connectivity index is 2.34. The van der Waals surface area contributed by atoms with Crippen molar-refractivity contribution in [2.45, 2.75) is 6.42 Å². The molecule has 1 aliphatic rings. The van der Waals surface area contributed by atoms with Gasteiger partial charge in [-0.2, -0.15) is 4.99 Å². The van der Waals surface area contributed by atoms with Crippen molar-refractivity contribution in [2.24, 2.45) is 10.7 Å². The molecule has 88 valence electrons. The quantitative estimate of drug-likeness (QED) is 0.432. The molecule has 0 spiro atoms. The summed E-state index contributed by atoms with van der Waals surface area (Å²) < 4.78 is 0. The number of amidine groups is 1. The molecule has 1 rings (SSSR count). The molecule has 1 aliphatic heterocycles. The fraction of sp³-hybridized carbons (Fsp3) is 0.500. The molecule has 16 heavy (non-hydrogen) atoms. The predicted octanol–water partition coefficient (Wildman–Crippen LogP) is -2.31. The summed E-state index contributed by atoms with van der Waals surface area (Å²) in [7, 11) is 0. The van der Waals surface area contributed by atoms with Gasteiger partial charge in [0.1, 0.15) is 5.84 Å². The maximum Gasteiger partial charge on any atom is 0.342 e. The smallest absolute Gasteiger partial charge is 0.342 e. The van der Waals surface area contributed by atoms with E-state index < -0.39 is 17.8 Å². The summed E-state index contributed by atoms with van der Waals surface area (Å²) in [5, 5.41) is 7.21. The highest BCUT2D eigenvalue weighted by atomic mass is 16.2. The number of hydrogen-bond donors (Lipinski definition) is 4. The van der Waals surface area contributed by atoms with E-state index in [1.165, 1.54) is 0 Å². The molecule has 0 atom stereocenters. The fourth-order valence-corrected chi connectivity index (χ4v) is 1.05. The van der Waals surface area contributed by atoms with Crippen LogP contribution in [-0.4, -0.2) is 43.3 Å². The molecule has 8 heteroatoms. The Labute approximate surface area is 91.7 Å². The van der Waals surface area contributed by atoms with Gasteiger partial charge in [-0.1, -0.05) is 0 Å². The van der Waals surface area contributed by atoms with Crippen molar-refractivity contribution in [2.75, 3.05) is 19.6 Å². The number of urea groups is 1. The number of carbonyl (C=O) groups is 3. The van der Waals surface area contributed by atoms with E-state index >= 15 is 0 Å². The number of aliphatic imine (C=N–C) groups is 1. The summed E-state index contributed by atoms with van der Waals surface area (Å²) in [5.41, 5.74) is 5.04. The summed E-state index contributed by atoms with van der Waals surface area (Å²) in [4.78, 5) is 36.4. The highest BCUT2D eigenvalue weighted by Gasteiger charge is 2.13. The molecule has 0 aromatic rings. The lowest BCUT2D eigenvalue weighted by Crippen LogP contribution is -2.44. The topological polar surface area (TPSA) is 126 Å². The average molecular weight is 227 g/mol. The van der Waals surface area contributed by atoms with Crippen LogP contribution in [0.4, 0.5) is 4.79 Å². The van der Waals surface area contributed by atoms with Crippen molar-refractivity contribution in [1.82, 2.24) is 16.0 Å². The van der Waals surface area contributed by atoms with Crippen LogP contribution in [0.25, 0.3) is 0 Å². The molecule has 0 saturated carbocycles. The molecule has 0 fully saturated rings. The lowest BCUT2D eigenvalue weighted by Gasteiger charge is -2.13. The van der Waals surface area contributed by atoms with Crippen LogP contribution in [-0.2, 0) is 9.59 Å². The van der Waals surface area contributed by atoms with Crippen LogP contribution in [0.3, 0.4) is 0 Å². The molecular weight excluding hydrogens is 214 g/mol. The highest BCUT2D eigenvalue weighted by molar-refractivity contribution is 6.05. The zero-order valence-corrected chi connectivity index (χ0v) is 8.58. The second-order valence-electron chi connectivity index (χ2n) is 3.07. The monoisotopic (exact) mass is 227 g/mol. The molecular formula is C8H13N5O3. The first kappa shape index (κ1) is 12.1. The number of nitrogens with two attached hydrogens (primary N) is 1. The van der Waals surface area contributed by atoms with Gasteiger partial charge in [-0.15, -0.1) is 0 Å². The summed E-state index contributed by atoms with van der Waals surface area (Å²) >= 11 is 0. The van der Waals surface area contributed by atoms with Gasteiger partial charge in [-0.25, -0.2) is 4.79 Å². The van der Waals surface area contributed by atoms with E-state index in [2.05, 4.69) is 20.9 Å². The zero-order chi connectivity index (χ0) is 12.0. The van der Waals surface area contributed by atoms with Crippen LogP contribution in [0.5, 0.6) is 0 Å². The van der Waals surface area contributed by atoms with Crippen LogP contribution < -0.4 is 21.7 Å². The molecule has 1 heterocycles. The van der Waals surface area contributed by atoms with Gasteiger partial charge < -0.3 is 21.7 Å². The lowest BCUT2D eigenvalue weighted by atomic mass is 10.3. The van der Waals surface area contributed by atoms with Crippen LogP contribution in [0, 0.1) is 0 Å². The maximum absolute atomic E-state index is 11.3. The number of amides is 4. The van der Waals surface area contributed by atoms with Gasteiger partial charge in [0.25, 0.3) is 0 Å². The summed E-state index contributed by atoms with van der Waals surface area (Å²) in [6.45, 7) is 0.0837. The summed E-state index contributed by atoms with van der Waals surface area (Å²) in [6.07, 6.45) is 0.461. The Morgan fingerprint density at radius 1 is 1.44 bits per heavy atom. The van der Waals surface area contributed by atoms with E-state index in [1.54, 1.807) is 0 Å². The Morgan fingerprint density at radius 2 is 2.19 bits per heavy atom. The highest BCUT2D eigenvalue weighted by Crippen LogP contribution is 1.91. The average Bonchev–Trinajstić information content (AvgIpc) is 2.26. The third-order valence-corrected chi connectivity index (χ3v) is 1.79. The lowest BCUT2D eigenvalue weighted by molar-refractivity contribution is -0.124. The third-order valence-electron chi connectivity index (χ3n) is 1.79. The summed E-state index contributed by atoms with van der Waals surface area (Å²) in [5.74, 6) is -0.551. The first-order valence-corrected chi connectivity index (χ1v) is 4.74. The van der Waals surface area contributed by atoms with Crippen molar-refractivity contribution in [3.8, 4) is 0 Å². The van der Waals surface area contributed by atoms with Gasteiger partial charge in [0.2, 0.25) is 11.8 Å². The number of carbonyl (C=O) groups excluding carboxylic acids is 3. The first-order valence-electron chi connectivity index (χ1n) is 4.74. The third kappa shape index (κ3) is 4.05. The summed E-state index contributed by atoms with van der Waals surface area (Å²) in [6, 6.07) is -0.479. The SMILES string of the molecule is NCC(=O)NCC(=O)NC1=NC(=O)NCC1. The van der Waals surface area contributed by atoms with Crippen LogP contribution in [0.15, 0.2) is 4.99 Å². The molecule has 0 saturated heterocycles. The maximum atomic E-state index is 11.3. The fourth-order valence-electron chi connectivity index (χ4n) is 1.05. The molecule has 0 unspecified atom stereocenters. The molecule has 0 bridgehead atoms. The Kier molecular flexibility index (Phi) is 4.40. The normalized spacial score (nSPS) is 14.8. The number of hydrogen-bond acceptors (Lipinski definition) is 4. The molecule has 4 amide bonds. The van der Waals surface area contributed by atoms with E-state index in [4.69, 9.17) is 5.73 Å². The first-order chi connectivity index (χ1) is 7.61. The Morgan fingerprint density at radius 3 is 2.81 bits per heavy atom. The number of nitrogens with one attached hydrogen (secondary N) is 3. The Hall–Kier alpha value is -1.96. The minimum Gasteiger partial charge on any atom is -0.346 e. The van der Waals surface area contributed by atoms with Crippen molar-refractivity contribution < 1.29 is 14.4 Å². The molecule has 0 aliphatic carbocycles. The van der Waals surface area contributed by atoms with E-state index in [0.29, 0.717) is 18.8 Å². The molecule has 8 nitrogen and oxygen atoms in total. The van der Waals surface area contributed by atoms with Gasteiger partial charge in [-0.3, -0.25) is 9.59 Å². The molecule has 0 radical (unpaired) electrons. The second-order valence-corrected chi connectivity index (χ2v) is 3.07. The van der Waals surface area contributed by atoms with Crippen LogP contribution in [0.2, 0.25) is 0 Å². The van der Waals surface area contributed by atoms with Crippen molar-refractivity contribution in [1.29, 1.82) is 0 Å². The van der Waals surface area contributed by atoms with E-state index in [-0.39, 0.29) is 13.1 Å². The van der Waals surface area contributed by atoms with Crippen molar-refractivity contribution in [3.63, 3.8) is 0 Å². The van der Waals surface area contributed by atoms with Gasteiger partial charge in [0.15, 0.2) is 0 Å². The van der Waals surface area contributed by atoms with Crippen LogP contribution >= 0.6 is 0 Å². The molecule has 0 aromatic carbocycles. The minimum absolute atomic E-state index is 0.170. The van der Waals surface area contributed by atoms with Gasteiger partial charge in [0.05, 0.1) is 13.1 Å².